The molecule has 1 amide bonds. The average Bonchev–Trinajstić information content (AvgIpc) is 3.24. The van der Waals surface area contributed by atoms with Gasteiger partial charge in [0, 0.05) is 5.38 Å². The minimum absolute atomic E-state index is 0.0285. The van der Waals surface area contributed by atoms with Gasteiger partial charge in [0.1, 0.15) is 5.82 Å². The lowest BCUT2D eigenvalue weighted by Crippen LogP contribution is -2.14. The summed E-state index contributed by atoms with van der Waals surface area (Å²) in [6, 6.07) is 4.08. The molecular formula is C17H15ClFN5O3S. The molecule has 2 heterocycles. The van der Waals surface area contributed by atoms with Gasteiger partial charge in [0.15, 0.2) is 10.8 Å². The number of carbonyl (C=O) groups excluding carboxylic acids is 2. The number of rotatable bonds is 6. The molecule has 0 aliphatic rings. The summed E-state index contributed by atoms with van der Waals surface area (Å²) in [5.74, 6) is -1.44. The number of amides is 1. The lowest BCUT2D eigenvalue weighted by atomic mass is 10.3. The van der Waals surface area contributed by atoms with E-state index in [2.05, 4.69) is 20.6 Å². The van der Waals surface area contributed by atoms with Crippen LogP contribution < -0.4 is 5.32 Å². The van der Waals surface area contributed by atoms with Crippen molar-refractivity contribution in [3.63, 3.8) is 0 Å². The minimum atomic E-state index is -0.552. The Hall–Kier alpha value is -2.85. The molecule has 0 radical (unpaired) electrons. The van der Waals surface area contributed by atoms with Gasteiger partial charge in [0.25, 0.3) is 5.91 Å². The van der Waals surface area contributed by atoms with Crippen molar-refractivity contribution in [3.8, 4) is 5.69 Å². The topological polar surface area (TPSA) is 99.0 Å². The van der Waals surface area contributed by atoms with Crippen LogP contribution in [0.2, 0.25) is 5.02 Å². The van der Waals surface area contributed by atoms with Gasteiger partial charge in [-0.3, -0.25) is 14.9 Å². The Labute approximate surface area is 168 Å². The third-order valence-electron chi connectivity index (χ3n) is 3.66. The van der Waals surface area contributed by atoms with Gasteiger partial charge in [-0.2, -0.15) is 0 Å². The number of nitrogens with one attached hydrogen (secondary N) is 1. The number of benzene rings is 1. The molecule has 2 aromatic heterocycles. The van der Waals surface area contributed by atoms with E-state index in [0.717, 1.165) is 0 Å². The molecule has 11 heteroatoms. The van der Waals surface area contributed by atoms with Gasteiger partial charge in [-0.25, -0.2) is 14.1 Å². The fourth-order valence-electron chi connectivity index (χ4n) is 2.36. The number of carbonyl (C=O) groups is 2. The Balaban J connectivity index is 1.73. The van der Waals surface area contributed by atoms with E-state index in [1.165, 1.54) is 34.2 Å². The number of halogens is 2. The second kappa shape index (κ2) is 8.44. The summed E-state index contributed by atoms with van der Waals surface area (Å²) in [4.78, 5) is 28.2. The quantitative estimate of drug-likeness (QED) is 0.611. The highest BCUT2D eigenvalue weighted by Crippen LogP contribution is 2.21. The van der Waals surface area contributed by atoms with Crippen LogP contribution in [0.15, 0.2) is 23.6 Å². The zero-order valence-corrected chi connectivity index (χ0v) is 16.5. The maximum Gasteiger partial charge on any atom is 0.311 e. The summed E-state index contributed by atoms with van der Waals surface area (Å²) in [7, 11) is 0. The molecule has 1 N–H and O–H groups in total. The van der Waals surface area contributed by atoms with Crippen molar-refractivity contribution in [2.45, 2.75) is 20.3 Å². The first-order valence-electron chi connectivity index (χ1n) is 8.18. The predicted molar refractivity (Wildman–Crippen MR) is 101 cm³/mol. The van der Waals surface area contributed by atoms with Crippen LogP contribution in [0.5, 0.6) is 0 Å². The largest absolute Gasteiger partial charge is 0.466 e. The number of ether oxygens (including phenoxy) is 1. The van der Waals surface area contributed by atoms with Gasteiger partial charge in [-0.05, 0) is 32.0 Å². The molecule has 8 nitrogen and oxygen atoms in total. The Morgan fingerprint density at radius 2 is 2.18 bits per heavy atom. The number of hydrogen-bond donors (Lipinski definition) is 1. The molecule has 0 fully saturated rings. The van der Waals surface area contributed by atoms with E-state index in [4.69, 9.17) is 16.3 Å². The number of anilines is 1. The lowest BCUT2D eigenvalue weighted by molar-refractivity contribution is -0.142. The van der Waals surface area contributed by atoms with Gasteiger partial charge in [0.05, 0.1) is 35.1 Å². The second-order valence-electron chi connectivity index (χ2n) is 5.61. The van der Waals surface area contributed by atoms with Crippen LogP contribution in [0.3, 0.4) is 0 Å². The maximum atomic E-state index is 13.3. The van der Waals surface area contributed by atoms with E-state index in [9.17, 15) is 14.0 Å². The zero-order chi connectivity index (χ0) is 20.3. The van der Waals surface area contributed by atoms with Gasteiger partial charge < -0.3 is 4.74 Å². The summed E-state index contributed by atoms with van der Waals surface area (Å²) in [6.07, 6.45) is 0.0285. The van der Waals surface area contributed by atoms with E-state index in [1.807, 2.05) is 0 Å². The lowest BCUT2D eigenvalue weighted by Gasteiger charge is -2.05. The summed E-state index contributed by atoms with van der Waals surface area (Å²) >= 11 is 6.98. The van der Waals surface area contributed by atoms with Crippen molar-refractivity contribution >= 4 is 39.9 Å². The molecule has 0 unspecified atom stereocenters. The second-order valence-corrected chi connectivity index (χ2v) is 6.88. The SMILES string of the molecule is CCOC(=O)Cc1csc(NC(=O)c2nnn(-c3ccc(F)c(Cl)c3)c2C)n1. The van der Waals surface area contributed by atoms with Crippen molar-refractivity contribution in [2.75, 3.05) is 11.9 Å². The third kappa shape index (κ3) is 4.34. The first-order valence-corrected chi connectivity index (χ1v) is 9.44. The first kappa shape index (κ1) is 19.9. The smallest absolute Gasteiger partial charge is 0.311 e. The number of thiazole rings is 1. The highest BCUT2D eigenvalue weighted by molar-refractivity contribution is 7.14. The summed E-state index contributed by atoms with van der Waals surface area (Å²) in [5, 5.41) is 12.4. The van der Waals surface area contributed by atoms with Crippen LogP contribution >= 0.6 is 22.9 Å². The number of nitrogens with zero attached hydrogens (tertiary/aromatic N) is 4. The fraction of sp³-hybridized carbons (Fsp3) is 0.235. The molecular weight excluding hydrogens is 409 g/mol. The average molecular weight is 424 g/mol. The molecule has 28 heavy (non-hydrogen) atoms. The fourth-order valence-corrected chi connectivity index (χ4v) is 3.24. The van der Waals surface area contributed by atoms with Crippen LogP contribution in [0.25, 0.3) is 5.69 Å². The van der Waals surface area contributed by atoms with E-state index < -0.39 is 11.7 Å². The minimum Gasteiger partial charge on any atom is -0.466 e. The zero-order valence-electron chi connectivity index (χ0n) is 14.9. The molecule has 146 valence electrons. The summed E-state index contributed by atoms with van der Waals surface area (Å²) < 4.78 is 19.6. The van der Waals surface area contributed by atoms with Gasteiger partial charge in [-0.15, -0.1) is 16.4 Å². The molecule has 0 bridgehead atoms. The van der Waals surface area contributed by atoms with Crippen molar-refractivity contribution in [3.05, 3.63) is 51.5 Å². The summed E-state index contributed by atoms with van der Waals surface area (Å²) in [5.41, 5.74) is 1.51. The number of hydrogen-bond acceptors (Lipinski definition) is 7. The molecule has 0 aliphatic heterocycles. The monoisotopic (exact) mass is 423 g/mol. The molecule has 1 aromatic carbocycles. The van der Waals surface area contributed by atoms with Crippen LogP contribution in [-0.2, 0) is 16.0 Å². The first-order chi connectivity index (χ1) is 13.4. The van der Waals surface area contributed by atoms with E-state index in [-0.39, 0.29) is 23.1 Å². The Morgan fingerprint density at radius 3 is 2.89 bits per heavy atom. The van der Waals surface area contributed by atoms with E-state index >= 15 is 0 Å². The maximum absolute atomic E-state index is 13.3. The van der Waals surface area contributed by atoms with Crippen LogP contribution in [0, 0.1) is 12.7 Å². The molecule has 3 aromatic rings. The van der Waals surface area contributed by atoms with Crippen LogP contribution in [0.4, 0.5) is 9.52 Å². The Kier molecular flexibility index (Phi) is 6.00. The highest BCUT2D eigenvalue weighted by atomic mass is 35.5. The molecule has 3 rings (SSSR count). The third-order valence-corrected chi connectivity index (χ3v) is 4.76. The normalized spacial score (nSPS) is 10.7. The number of esters is 1. The van der Waals surface area contributed by atoms with Crippen molar-refractivity contribution in [1.82, 2.24) is 20.0 Å². The molecule has 0 saturated carbocycles. The molecule has 0 atom stereocenters. The predicted octanol–water partition coefficient (Wildman–Crippen LogP) is 3.18. The summed E-state index contributed by atoms with van der Waals surface area (Å²) in [6.45, 7) is 3.67. The van der Waals surface area contributed by atoms with Gasteiger partial charge in [0.2, 0.25) is 0 Å². The Morgan fingerprint density at radius 1 is 1.39 bits per heavy atom. The van der Waals surface area contributed by atoms with Gasteiger partial charge >= 0.3 is 5.97 Å². The van der Waals surface area contributed by atoms with Crippen molar-refractivity contribution < 1.29 is 18.7 Å². The van der Waals surface area contributed by atoms with Gasteiger partial charge in [-0.1, -0.05) is 16.8 Å². The van der Waals surface area contributed by atoms with Crippen molar-refractivity contribution in [2.24, 2.45) is 0 Å². The standard InChI is InChI=1S/C17H15ClFN5O3S/c1-3-27-14(25)6-10-8-28-17(20-10)21-16(26)15-9(2)24(23-22-15)11-4-5-13(19)12(18)7-11/h4-5,7-8H,3,6H2,1-2H3,(H,20,21,26). The highest BCUT2D eigenvalue weighted by Gasteiger charge is 2.19. The Bertz CT molecular complexity index is 1040. The van der Waals surface area contributed by atoms with E-state index in [0.29, 0.717) is 28.8 Å². The van der Waals surface area contributed by atoms with Crippen LogP contribution in [-0.4, -0.2) is 38.5 Å². The van der Waals surface area contributed by atoms with E-state index in [1.54, 1.807) is 19.2 Å². The number of aromatic nitrogens is 4. The molecule has 0 aliphatic carbocycles. The molecule has 0 saturated heterocycles. The van der Waals surface area contributed by atoms with Crippen molar-refractivity contribution in [1.29, 1.82) is 0 Å². The van der Waals surface area contributed by atoms with Crippen LogP contribution in [0.1, 0.15) is 28.8 Å². The molecule has 0 spiro atoms.